The lowest BCUT2D eigenvalue weighted by Crippen LogP contribution is -2.15. The first-order valence-corrected chi connectivity index (χ1v) is 7.69. The molecule has 0 bridgehead atoms. The Balaban J connectivity index is 2.41. The molecule has 0 unspecified atom stereocenters. The Bertz CT molecular complexity index is 719. The van der Waals surface area contributed by atoms with Gasteiger partial charge in [-0.25, -0.2) is 17.2 Å². The maximum atomic E-state index is 13.5. The number of nitrogens with one attached hydrogen (secondary N) is 1. The summed E-state index contributed by atoms with van der Waals surface area (Å²) in [5, 5.41) is 0. The highest BCUT2D eigenvalue weighted by Crippen LogP contribution is 2.23. The molecule has 0 aliphatic carbocycles. The Labute approximate surface area is 122 Å². The maximum Gasteiger partial charge on any atom is 0.264 e. The van der Waals surface area contributed by atoms with E-state index in [-0.39, 0.29) is 0 Å². The molecule has 2 aromatic rings. The van der Waals surface area contributed by atoms with Gasteiger partial charge in [-0.1, -0.05) is 12.1 Å². The molecule has 0 fully saturated rings. The fraction of sp³-hybridized carbons (Fsp3) is 0. The number of benzene rings is 2. The summed E-state index contributed by atoms with van der Waals surface area (Å²) in [6.45, 7) is 0. The van der Waals surface area contributed by atoms with Crippen LogP contribution in [0.2, 0.25) is 0 Å². The number of anilines is 1. The van der Waals surface area contributed by atoms with Crippen LogP contribution in [-0.4, -0.2) is 8.42 Å². The van der Waals surface area contributed by atoms with Crippen molar-refractivity contribution in [1.82, 2.24) is 0 Å². The Hall–Kier alpha value is -1.22. The van der Waals surface area contributed by atoms with E-state index in [1.165, 1.54) is 0 Å². The van der Waals surface area contributed by atoms with Crippen LogP contribution < -0.4 is 4.72 Å². The third-order valence-electron chi connectivity index (χ3n) is 2.30. The van der Waals surface area contributed by atoms with Crippen molar-refractivity contribution in [2.24, 2.45) is 0 Å². The number of para-hydroxylation sites is 1. The second-order valence-electron chi connectivity index (χ2n) is 3.66. The van der Waals surface area contributed by atoms with Crippen LogP contribution in [0.5, 0.6) is 0 Å². The summed E-state index contributed by atoms with van der Waals surface area (Å²) < 4.78 is 53.2. The number of rotatable bonds is 3. The Morgan fingerprint density at radius 2 is 1.74 bits per heavy atom. The monoisotopic (exact) mass is 395 g/mol. The third kappa shape index (κ3) is 3.21. The van der Waals surface area contributed by atoms with Gasteiger partial charge in [0.15, 0.2) is 0 Å². The third-order valence-corrected chi connectivity index (χ3v) is 4.64. The zero-order valence-corrected chi connectivity index (χ0v) is 12.4. The van der Waals surface area contributed by atoms with E-state index >= 15 is 0 Å². The average Bonchev–Trinajstić information content (AvgIpc) is 2.31. The molecule has 0 radical (unpaired) electrons. The van der Waals surface area contributed by atoms with E-state index < -0.39 is 26.6 Å². The summed E-state index contributed by atoms with van der Waals surface area (Å²) in [4.78, 5) is -0.589. The van der Waals surface area contributed by atoms with E-state index in [2.05, 4.69) is 4.72 Å². The van der Waals surface area contributed by atoms with E-state index in [0.29, 0.717) is 15.3 Å². The van der Waals surface area contributed by atoms with Gasteiger partial charge in [-0.15, -0.1) is 0 Å². The molecule has 0 saturated heterocycles. The number of hydrogen-bond donors (Lipinski definition) is 1. The van der Waals surface area contributed by atoms with Gasteiger partial charge in [-0.3, -0.25) is 4.72 Å². The first-order chi connectivity index (χ1) is 8.90. The molecular formula is C12H8F2INO2S. The predicted octanol–water partition coefficient (Wildman–Crippen LogP) is 3.37. The largest absolute Gasteiger partial charge is 0.278 e. The molecule has 0 heterocycles. The van der Waals surface area contributed by atoms with Crippen molar-refractivity contribution >= 4 is 38.3 Å². The molecule has 0 spiro atoms. The summed E-state index contributed by atoms with van der Waals surface area (Å²) in [6, 6.07) is 8.99. The van der Waals surface area contributed by atoms with Crippen LogP contribution in [0.15, 0.2) is 47.4 Å². The second kappa shape index (κ2) is 5.41. The minimum atomic E-state index is -4.08. The van der Waals surface area contributed by atoms with Gasteiger partial charge in [0, 0.05) is 9.64 Å². The molecule has 0 aliphatic heterocycles. The van der Waals surface area contributed by atoms with Crippen molar-refractivity contribution in [3.63, 3.8) is 0 Å². The summed E-state index contributed by atoms with van der Waals surface area (Å²) in [5.41, 5.74) is 0.340. The highest BCUT2D eigenvalue weighted by molar-refractivity contribution is 14.1. The van der Waals surface area contributed by atoms with Gasteiger partial charge in [-0.05, 0) is 46.9 Å². The predicted molar refractivity (Wildman–Crippen MR) is 76.3 cm³/mol. The van der Waals surface area contributed by atoms with Crippen LogP contribution >= 0.6 is 22.6 Å². The average molecular weight is 395 g/mol. The molecule has 2 rings (SSSR count). The van der Waals surface area contributed by atoms with Crippen molar-refractivity contribution in [2.45, 2.75) is 4.90 Å². The maximum absolute atomic E-state index is 13.5. The van der Waals surface area contributed by atoms with Gasteiger partial charge in [0.1, 0.15) is 16.5 Å². The van der Waals surface area contributed by atoms with Gasteiger partial charge >= 0.3 is 0 Å². The van der Waals surface area contributed by atoms with Crippen LogP contribution in [0.3, 0.4) is 0 Å². The molecule has 0 atom stereocenters. The van der Waals surface area contributed by atoms with E-state index in [0.717, 1.165) is 12.1 Å². The summed E-state index contributed by atoms with van der Waals surface area (Å²) in [5.74, 6) is -1.95. The lowest BCUT2D eigenvalue weighted by molar-refractivity contribution is 0.551. The van der Waals surface area contributed by atoms with Gasteiger partial charge in [0.2, 0.25) is 0 Å². The van der Waals surface area contributed by atoms with Crippen LogP contribution in [-0.2, 0) is 10.0 Å². The Morgan fingerprint density at radius 1 is 1.05 bits per heavy atom. The molecule has 0 aliphatic rings. The molecular weight excluding hydrogens is 387 g/mol. The van der Waals surface area contributed by atoms with Crippen molar-refractivity contribution in [2.75, 3.05) is 4.72 Å². The lowest BCUT2D eigenvalue weighted by atomic mass is 10.3. The van der Waals surface area contributed by atoms with E-state index in [1.54, 1.807) is 24.3 Å². The van der Waals surface area contributed by atoms with Gasteiger partial charge < -0.3 is 0 Å². The van der Waals surface area contributed by atoms with Crippen LogP contribution in [0.4, 0.5) is 14.5 Å². The standard InChI is InChI=1S/C12H8F2INO2S/c13-8-5-6-12(9(14)7-8)19(17,18)16-11-4-2-1-3-10(11)15/h1-7,16H. The van der Waals surface area contributed by atoms with Gasteiger partial charge in [0.25, 0.3) is 10.0 Å². The highest BCUT2D eigenvalue weighted by atomic mass is 127. The smallest absolute Gasteiger partial charge is 0.264 e. The van der Waals surface area contributed by atoms with Crippen LogP contribution in [0.1, 0.15) is 0 Å². The van der Waals surface area contributed by atoms with E-state index in [9.17, 15) is 17.2 Å². The molecule has 0 amide bonds. The van der Waals surface area contributed by atoms with E-state index in [4.69, 9.17) is 0 Å². The van der Waals surface area contributed by atoms with Gasteiger partial charge in [0.05, 0.1) is 5.69 Å². The topological polar surface area (TPSA) is 46.2 Å². The molecule has 19 heavy (non-hydrogen) atoms. The highest BCUT2D eigenvalue weighted by Gasteiger charge is 2.20. The Morgan fingerprint density at radius 3 is 2.37 bits per heavy atom. The first kappa shape index (κ1) is 14.2. The van der Waals surface area contributed by atoms with Crippen molar-refractivity contribution < 1.29 is 17.2 Å². The number of hydrogen-bond acceptors (Lipinski definition) is 2. The van der Waals surface area contributed by atoms with Crippen molar-refractivity contribution in [3.8, 4) is 0 Å². The number of halogens is 3. The van der Waals surface area contributed by atoms with Crippen LogP contribution in [0, 0.1) is 15.2 Å². The molecule has 7 heteroatoms. The quantitative estimate of drug-likeness (QED) is 0.811. The SMILES string of the molecule is O=S(=O)(Nc1ccccc1I)c1ccc(F)cc1F. The molecule has 2 aromatic carbocycles. The minimum Gasteiger partial charge on any atom is -0.278 e. The zero-order chi connectivity index (χ0) is 14.0. The first-order valence-electron chi connectivity index (χ1n) is 5.12. The molecule has 0 saturated carbocycles. The van der Waals surface area contributed by atoms with E-state index in [1.807, 2.05) is 22.6 Å². The minimum absolute atomic E-state index is 0.340. The van der Waals surface area contributed by atoms with Gasteiger partial charge in [-0.2, -0.15) is 0 Å². The van der Waals surface area contributed by atoms with Crippen LogP contribution in [0.25, 0.3) is 0 Å². The molecule has 100 valence electrons. The summed E-state index contributed by atoms with van der Waals surface area (Å²) in [6.07, 6.45) is 0. The zero-order valence-electron chi connectivity index (χ0n) is 9.40. The fourth-order valence-corrected chi connectivity index (χ4v) is 3.28. The summed E-state index contributed by atoms with van der Waals surface area (Å²) >= 11 is 1.95. The second-order valence-corrected chi connectivity index (χ2v) is 6.47. The van der Waals surface area contributed by atoms with Crippen molar-refractivity contribution in [3.05, 3.63) is 57.7 Å². The Kier molecular flexibility index (Phi) is 4.04. The number of sulfonamides is 1. The molecule has 1 N–H and O–H groups in total. The fourth-order valence-electron chi connectivity index (χ4n) is 1.44. The lowest BCUT2D eigenvalue weighted by Gasteiger charge is -2.10. The molecule has 0 aromatic heterocycles. The molecule has 3 nitrogen and oxygen atoms in total. The van der Waals surface area contributed by atoms with Crippen molar-refractivity contribution in [1.29, 1.82) is 0 Å². The normalized spacial score (nSPS) is 11.3. The summed E-state index contributed by atoms with van der Waals surface area (Å²) in [7, 11) is -4.08.